The van der Waals surface area contributed by atoms with E-state index in [1.54, 1.807) is 12.1 Å². The lowest BCUT2D eigenvalue weighted by Crippen LogP contribution is -2.15. The number of halogens is 4. The predicted molar refractivity (Wildman–Crippen MR) is 70.2 cm³/mol. The number of hydrogen-bond donors (Lipinski definition) is 2. The van der Waals surface area contributed by atoms with Crippen molar-refractivity contribution < 1.29 is 22.4 Å². The highest BCUT2D eigenvalue weighted by Crippen LogP contribution is 2.33. The van der Waals surface area contributed by atoms with E-state index in [-0.39, 0.29) is 16.9 Å². The van der Waals surface area contributed by atoms with Gasteiger partial charge in [0.15, 0.2) is 0 Å². The summed E-state index contributed by atoms with van der Waals surface area (Å²) in [7, 11) is 0. The zero-order valence-electron chi connectivity index (χ0n) is 10.5. The van der Waals surface area contributed by atoms with Crippen molar-refractivity contribution in [2.24, 2.45) is 0 Å². The SMILES string of the molecule is Nc1ccccc1C(=O)Nc1ccc(F)c(C(F)(F)F)c1. The minimum absolute atomic E-state index is 0.121. The highest BCUT2D eigenvalue weighted by atomic mass is 19.4. The molecule has 0 heterocycles. The predicted octanol–water partition coefficient (Wildman–Crippen LogP) is 3.68. The van der Waals surface area contributed by atoms with E-state index in [1.807, 2.05) is 0 Å². The largest absolute Gasteiger partial charge is 0.419 e. The van der Waals surface area contributed by atoms with Gasteiger partial charge < -0.3 is 11.1 Å². The van der Waals surface area contributed by atoms with Gasteiger partial charge in [-0.1, -0.05) is 12.1 Å². The summed E-state index contributed by atoms with van der Waals surface area (Å²) in [6.07, 6.45) is -4.84. The first kappa shape index (κ1) is 14.8. The lowest BCUT2D eigenvalue weighted by molar-refractivity contribution is -0.139. The van der Waals surface area contributed by atoms with Crippen LogP contribution >= 0.6 is 0 Å². The molecule has 110 valence electrons. The van der Waals surface area contributed by atoms with Gasteiger partial charge in [-0.15, -0.1) is 0 Å². The number of hydrogen-bond acceptors (Lipinski definition) is 2. The van der Waals surface area contributed by atoms with E-state index in [2.05, 4.69) is 5.32 Å². The average molecular weight is 298 g/mol. The number of alkyl halides is 3. The third kappa shape index (κ3) is 3.31. The van der Waals surface area contributed by atoms with Gasteiger partial charge in [-0.3, -0.25) is 4.79 Å². The maximum absolute atomic E-state index is 13.1. The first-order valence-electron chi connectivity index (χ1n) is 5.81. The molecular weight excluding hydrogens is 288 g/mol. The molecule has 2 rings (SSSR count). The van der Waals surface area contributed by atoms with Crippen LogP contribution in [0.2, 0.25) is 0 Å². The van der Waals surface area contributed by atoms with Crippen LogP contribution in [0.15, 0.2) is 42.5 Å². The fourth-order valence-corrected chi connectivity index (χ4v) is 1.72. The van der Waals surface area contributed by atoms with Crippen molar-refractivity contribution in [1.82, 2.24) is 0 Å². The second-order valence-corrected chi connectivity index (χ2v) is 4.23. The number of anilines is 2. The van der Waals surface area contributed by atoms with E-state index in [9.17, 15) is 22.4 Å². The summed E-state index contributed by atoms with van der Waals surface area (Å²) in [5, 5.41) is 2.25. The third-order valence-electron chi connectivity index (χ3n) is 2.74. The molecule has 0 aromatic heterocycles. The number of carbonyl (C=O) groups is 1. The lowest BCUT2D eigenvalue weighted by Gasteiger charge is -2.11. The van der Waals surface area contributed by atoms with Gasteiger partial charge in [0.2, 0.25) is 0 Å². The highest BCUT2D eigenvalue weighted by Gasteiger charge is 2.34. The van der Waals surface area contributed by atoms with E-state index < -0.39 is 23.5 Å². The molecule has 0 spiro atoms. The molecule has 0 aliphatic rings. The average Bonchev–Trinajstić information content (AvgIpc) is 2.40. The first-order valence-corrected chi connectivity index (χ1v) is 5.81. The molecule has 2 aromatic carbocycles. The summed E-state index contributed by atoms with van der Waals surface area (Å²) in [5.41, 5.74) is 4.29. The van der Waals surface area contributed by atoms with Gasteiger partial charge in [-0.25, -0.2) is 4.39 Å². The molecule has 2 aromatic rings. The van der Waals surface area contributed by atoms with E-state index in [1.165, 1.54) is 12.1 Å². The van der Waals surface area contributed by atoms with Gasteiger partial charge in [0.25, 0.3) is 5.91 Å². The lowest BCUT2D eigenvalue weighted by atomic mass is 10.1. The van der Waals surface area contributed by atoms with E-state index >= 15 is 0 Å². The molecular formula is C14H10F4N2O. The number of nitrogens with two attached hydrogens (primary N) is 1. The molecule has 3 nitrogen and oxygen atoms in total. The Labute approximate surface area is 117 Å². The molecule has 0 fully saturated rings. The van der Waals surface area contributed by atoms with Crippen LogP contribution in [0.3, 0.4) is 0 Å². The number of rotatable bonds is 2. The number of benzene rings is 2. The summed E-state index contributed by atoms with van der Waals surface area (Å²) in [6, 6.07) is 8.32. The van der Waals surface area contributed by atoms with E-state index in [4.69, 9.17) is 5.73 Å². The summed E-state index contributed by atoms with van der Waals surface area (Å²) in [4.78, 5) is 11.9. The van der Waals surface area contributed by atoms with Crippen molar-refractivity contribution in [1.29, 1.82) is 0 Å². The first-order chi connectivity index (χ1) is 9.79. The van der Waals surface area contributed by atoms with Gasteiger partial charge in [0.1, 0.15) is 5.82 Å². The van der Waals surface area contributed by atoms with Crippen LogP contribution in [-0.2, 0) is 6.18 Å². The molecule has 0 atom stereocenters. The quantitative estimate of drug-likeness (QED) is 0.656. The summed E-state index contributed by atoms with van der Waals surface area (Å²) in [6.45, 7) is 0. The highest BCUT2D eigenvalue weighted by molar-refractivity contribution is 6.07. The van der Waals surface area contributed by atoms with Gasteiger partial charge in [0.05, 0.1) is 11.1 Å². The van der Waals surface area contributed by atoms with Crippen molar-refractivity contribution in [3.05, 3.63) is 59.4 Å². The fraction of sp³-hybridized carbons (Fsp3) is 0.0714. The Balaban J connectivity index is 2.29. The Morgan fingerprint density at radius 3 is 2.38 bits per heavy atom. The van der Waals surface area contributed by atoms with Crippen LogP contribution < -0.4 is 11.1 Å². The normalized spacial score (nSPS) is 11.2. The molecule has 0 aliphatic heterocycles. The molecule has 21 heavy (non-hydrogen) atoms. The molecule has 0 radical (unpaired) electrons. The number of nitrogen functional groups attached to an aromatic ring is 1. The Bertz CT molecular complexity index is 683. The zero-order chi connectivity index (χ0) is 15.6. The zero-order valence-corrected chi connectivity index (χ0v) is 10.5. The molecule has 7 heteroatoms. The molecule has 0 unspecified atom stereocenters. The molecule has 0 saturated heterocycles. The van der Waals surface area contributed by atoms with Crippen LogP contribution in [0.4, 0.5) is 28.9 Å². The number of carbonyl (C=O) groups excluding carboxylic acids is 1. The summed E-state index contributed by atoms with van der Waals surface area (Å²) < 4.78 is 50.9. The van der Waals surface area contributed by atoms with Crippen LogP contribution in [-0.4, -0.2) is 5.91 Å². The monoisotopic (exact) mass is 298 g/mol. The minimum Gasteiger partial charge on any atom is -0.398 e. The molecule has 1 amide bonds. The van der Waals surface area contributed by atoms with Crippen molar-refractivity contribution >= 4 is 17.3 Å². The van der Waals surface area contributed by atoms with Crippen molar-refractivity contribution in [3.63, 3.8) is 0 Å². The summed E-state index contributed by atoms with van der Waals surface area (Å²) >= 11 is 0. The van der Waals surface area contributed by atoms with Crippen molar-refractivity contribution in [3.8, 4) is 0 Å². The van der Waals surface area contributed by atoms with Crippen LogP contribution in [0.1, 0.15) is 15.9 Å². The second kappa shape index (κ2) is 5.43. The molecule has 0 saturated carbocycles. The van der Waals surface area contributed by atoms with E-state index in [0.29, 0.717) is 12.1 Å². The standard InChI is InChI=1S/C14H10F4N2O/c15-11-6-5-8(7-10(11)14(16,17)18)20-13(21)9-3-1-2-4-12(9)19/h1-7H,19H2,(H,20,21). The minimum atomic E-state index is -4.84. The molecule has 0 bridgehead atoms. The van der Waals surface area contributed by atoms with Crippen LogP contribution in [0.25, 0.3) is 0 Å². The van der Waals surface area contributed by atoms with Gasteiger partial charge in [-0.2, -0.15) is 13.2 Å². The number of amides is 1. The number of nitrogens with one attached hydrogen (secondary N) is 1. The van der Waals surface area contributed by atoms with Crippen LogP contribution in [0, 0.1) is 5.82 Å². The second-order valence-electron chi connectivity index (χ2n) is 4.23. The Kier molecular flexibility index (Phi) is 3.84. The third-order valence-corrected chi connectivity index (χ3v) is 2.74. The Hall–Kier alpha value is -2.57. The molecule has 0 aliphatic carbocycles. The Morgan fingerprint density at radius 2 is 1.76 bits per heavy atom. The van der Waals surface area contributed by atoms with Crippen LogP contribution in [0.5, 0.6) is 0 Å². The van der Waals surface area contributed by atoms with Crippen molar-refractivity contribution in [2.75, 3.05) is 11.1 Å². The fourth-order valence-electron chi connectivity index (χ4n) is 1.72. The number of para-hydroxylation sites is 1. The van der Waals surface area contributed by atoms with Gasteiger partial charge >= 0.3 is 6.18 Å². The smallest absolute Gasteiger partial charge is 0.398 e. The topological polar surface area (TPSA) is 55.1 Å². The van der Waals surface area contributed by atoms with Gasteiger partial charge in [0, 0.05) is 11.4 Å². The summed E-state index contributed by atoms with van der Waals surface area (Å²) in [5.74, 6) is -2.08. The van der Waals surface area contributed by atoms with E-state index in [0.717, 1.165) is 6.07 Å². The van der Waals surface area contributed by atoms with Gasteiger partial charge in [-0.05, 0) is 30.3 Å². The van der Waals surface area contributed by atoms with Crippen molar-refractivity contribution in [2.45, 2.75) is 6.18 Å². The molecule has 3 N–H and O–H groups in total. The maximum Gasteiger partial charge on any atom is 0.419 e. The maximum atomic E-state index is 13.1. The Morgan fingerprint density at radius 1 is 1.10 bits per heavy atom.